The zero-order chi connectivity index (χ0) is 18.0. The van der Waals surface area contributed by atoms with E-state index in [0.717, 1.165) is 16.7 Å². The number of halogens is 1. The average molecular weight is 359 g/mol. The number of amides is 2. The van der Waals surface area contributed by atoms with Gasteiger partial charge in [-0.3, -0.25) is 14.5 Å². The summed E-state index contributed by atoms with van der Waals surface area (Å²) in [5.41, 5.74) is 1.29. The number of nitrogens with zero attached hydrogens (tertiary/aromatic N) is 1. The Labute approximate surface area is 147 Å². The molecule has 128 valence electrons. The van der Waals surface area contributed by atoms with E-state index >= 15 is 0 Å². The van der Waals surface area contributed by atoms with Crippen molar-refractivity contribution in [2.24, 2.45) is 0 Å². The highest BCUT2D eigenvalue weighted by Crippen LogP contribution is 2.34. The van der Waals surface area contributed by atoms with Gasteiger partial charge >= 0.3 is 0 Å². The van der Waals surface area contributed by atoms with Crippen molar-refractivity contribution >= 4 is 29.0 Å². The highest BCUT2D eigenvalue weighted by atomic mass is 32.2. The fourth-order valence-electron chi connectivity index (χ4n) is 2.34. The van der Waals surface area contributed by atoms with Crippen LogP contribution in [0.15, 0.2) is 47.4 Å². The lowest BCUT2D eigenvalue weighted by molar-refractivity contribution is -0.123. The molecule has 2 amide bonds. The Kier molecular flexibility index (Phi) is 4.76. The second-order valence-electron chi connectivity index (χ2n) is 5.33. The van der Waals surface area contributed by atoms with Gasteiger partial charge in [0.05, 0.1) is 18.6 Å². The van der Waals surface area contributed by atoms with Gasteiger partial charge in [0, 0.05) is 0 Å². The number of hydrogen-bond donors (Lipinski definition) is 1. The van der Waals surface area contributed by atoms with Crippen LogP contribution in [0.25, 0.3) is 6.08 Å². The summed E-state index contributed by atoms with van der Waals surface area (Å²) in [5.74, 6) is -0.520. The van der Waals surface area contributed by atoms with E-state index < -0.39 is 5.91 Å². The standard InChI is InChI=1S/C18H14FNO4S/c1-24-15-8-12(4-7-14(15)21)9-16-17(22)20(18(23)25-16)10-11-2-5-13(19)6-3-11/h2-9,21H,10H2,1H3/b16-9+. The molecule has 2 aromatic rings. The van der Waals surface area contributed by atoms with Crippen molar-refractivity contribution in [3.8, 4) is 11.5 Å². The number of carbonyl (C=O) groups excluding carboxylic acids is 2. The number of ether oxygens (including phenoxy) is 1. The molecular weight excluding hydrogens is 345 g/mol. The molecule has 1 N–H and O–H groups in total. The third kappa shape index (κ3) is 3.66. The van der Waals surface area contributed by atoms with Crippen LogP contribution >= 0.6 is 11.8 Å². The van der Waals surface area contributed by atoms with Crippen molar-refractivity contribution in [1.82, 2.24) is 4.90 Å². The van der Waals surface area contributed by atoms with Gasteiger partial charge in [-0.1, -0.05) is 18.2 Å². The summed E-state index contributed by atoms with van der Waals surface area (Å²) in [6.07, 6.45) is 1.57. The van der Waals surface area contributed by atoms with Crippen LogP contribution in [-0.2, 0) is 11.3 Å². The fraction of sp³-hybridized carbons (Fsp3) is 0.111. The molecule has 7 heteroatoms. The van der Waals surface area contributed by atoms with Gasteiger partial charge in [-0.05, 0) is 53.2 Å². The highest BCUT2D eigenvalue weighted by molar-refractivity contribution is 8.18. The molecule has 0 spiro atoms. The molecular formula is C18H14FNO4S. The number of rotatable bonds is 4. The van der Waals surface area contributed by atoms with Crippen LogP contribution in [0.5, 0.6) is 11.5 Å². The number of benzene rings is 2. The molecule has 5 nitrogen and oxygen atoms in total. The van der Waals surface area contributed by atoms with Gasteiger partial charge in [-0.15, -0.1) is 0 Å². The minimum absolute atomic E-state index is 0.0101. The van der Waals surface area contributed by atoms with E-state index in [1.165, 1.54) is 37.4 Å². The van der Waals surface area contributed by atoms with Crippen molar-refractivity contribution in [2.45, 2.75) is 6.54 Å². The number of phenols is 1. The number of carbonyl (C=O) groups is 2. The molecule has 3 rings (SSSR count). The van der Waals surface area contributed by atoms with E-state index in [2.05, 4.69) is 0 Å². The Balaban J connectivity index is 1.82. The molecule has 2 aromatic carbocycles. The van der Waals surface area contributed by atoms with Gasteiger partial charge in [-0.2, -0.15) is 0 Å². The summed E-state index contributed by atoms with van der Waals surface area (Å²) in [6, 6.07) is 10.3. The number of hydrogen-bond acceptors (Lipinski definition) is 5. The Morgan fingerprint density at radius 1 is 1.20 bits per heavy atom. The van der Waals surface area contributed by atoms with Crippen LogP contribution in [0, 0.1) is 5.82 Å². The normalized spacial score (nSPS) is 15.9. The van der Waals surface area contributed by atoms with Gasteiger partial charge in [0.2, 0.25) is 0 Å². The van der Waals surface area contributed by atoms with Crippen molar-refractivity contribution in [1.29, 1.82) is 0 Å². The van der Waals surface area contributed by atoms with E-state index in [1.54, 1.807) is 18.2 Å². The van der Waals surface area contributed by atoms with Crippen molar-refractivity contribution in [2.75, 3.05) is 7.11 Å². The summed E-state index contributed by atoms with van der Waals surface area (Å²) in [6.45, 7) is 0.0845. The Bertz CT molecular complexity index is 864. The zero-order valence-corrected chi connectivity index (χ0v) is 14.0. The first-order valence-electron chi connectivity index (χ1n) is 7.35. The van der Waals surface area contributed by atoms with Crippen LogP contribution < -0.4 is 4.74 Å². The summed E-state index contributed by atoms with van der Waals surface area (Å²) >= 11 is 0.838. The van der Waals surface area contributed by atoms with Crippen molar-refractivity contribution in [3.05, 3.63) is 64.3 Å². The fourth-order valence-corrected chi connectivity index (χ4v) is 3.18. The maximum atomic E-state index is 13.0. The number of aromatic hydroxyl groups is 1. The highest BCUT2D eigenvalue weighted by Gasteiger charge is 2.35. The third-order valence-corrected chi connectivity index (χ3v) is 4.54. The first kappa shape index (κ1) is 17.0. The van der Waals surface area contributed by atoms with Gasteiger partial charge < -0.3 is 9.84 Å². The summed E-state index contributed by atoms with van der Waals surface area (Å²) in [5, 5.41) is 9.23. The molecule has 1 saturated heterocycles. The maximum absolute atomic E-state index is 13.0. The zero-order valence-electron chi connectivity index (χ0n) is 13.2. The number of methoxy groups -OCH3 is 1. The summed E-state index contributed by atoms with van der Waals surface area (Å²) in [4.78, 5) is 26.0. The van der Waals surface area contributed by atoms with Crippen LogP contribution in [0.3, 0.4) is 0 Å². The minimum Gasteiger partial charge on any atom is -0.504 e. The topological polar surface area (TPSA) is 66.8 Å². The molecule has 25 heavy (non-hydrogen) atoms. The predicted molar refractivity (Wildman–Crippen MR) is 92.6 cm³/mol. The molecule has 0 unspecified atom stereocenters. The Morgan fingerprint density at radius 2 is 1.92 bits per heavy atom. The van der Waals surface area contributed by atoms with Crippen LogP contribution in [0.1, 0.15) is 11.1 Å². The van der Waals surface area contributed by atoms with Gasteiger partial charge in [-0.25, -0.2) is 4.39 Å². The van der Waals surface area contributed by atoms with E-state index in [1.807, 2.05) is 0 Å². The first-order valence-corrected chi connectivity index (χ1v) is 8.16. The summed E-state index contributed by atoms with van der Waals surface area (Å²) < 4.78 is 18.0. The van der Waals surface area contributed by atoms with Crippen molar-refractivity contribution in [3.63, 3.8) is 0 Å². The van der Waals surface area contributed by atoms with Crippen molar-refractivity contribution < 1.29 is 23.8 Å². The minimum atomic E-state index is -0.411. The van der Waals surface area contributed by atoms with Gasteiger partial charge in [0.1, 0.15) is 5.82 Å². The van der Waals surface area contributed by atoms with E-state index in [-0.39, 0.29) is 34.0 Å². The third-order valence-electron chi connectivity index (χ3n) is 3.63. The molecule has 1 aliphatic heterocycles. The van der Waals surface area contributed by atoms with Gasteiger partial charge in [0.15, 0.2) is 11.5 Å². The average Bonchev–Trinajstić information content (AvgIpc) is 2.86. The van der Waals surface area contributed by atoms with Crippen LogP contribution in [0.2, 0.25) is 0 Å². The lowest BCUT2D eigenvalue weighted by Crippen LogP contribution is -2.27. The quantitative estimate of drug-likeness (QED) is 0.842. The van der Waals surface area contributed by atoms with Crippen LogP contribution in [-0.4, -0.2) is 28.3 Å². The monoisotopic (exact) mass is 359 g/mol. The SMILES string of the molecule is COc1cc(/C=C2/SC(=O)N(Cc3ccc(F)cc3)C2=O)ccc1O. The first-order chi connectivity index (χ1) is 12.0. The molecule has 0 aliphatic carbocycles. The lowest BCUT2D eigenvalue weighted by Gasteiger charge is -2.12. The molecule has 0 radical (unpaired) electrons. The van der Waals surface area contributed by atoms with Gasteiger partial charge in [0.25, 0.3) is 11.1 Å². The molecule has 1 aliphatic rings. The number of phenolic OH excluding ortho intramolecular Hbond substituents is 1. The largest absolute Gasteiger partial charge is 0.504 e. The second-order valence-corrected chi connectivity index (χ2v) is 6.32. The lowest BCUT2D eigenvalue weighted by atomic mass is 10.1. The Morgan fingerprint density at radius 3 is 2.60 bits per heavy atom. The molecule has 0 saturated carbocycles. The molecule has 0 aromatic heterocycles. The van der Waals surface area contributed by atoms with E-state index in [4.69, 9.17) is 4.74 Å². The smallest absolute Gasteiger partial charge is 0.293 e. The Hall–Kier alpha value is -2.80. The maximum Gasteiger partial charge on any atom is 0.293 e. The molecule has 1 heterocycles. The predicted octanol–water partition coefficient (Wildman–Crippen LogP) is 3.78. The summed E-state index contributed by atoms with van der Waals surface area (Å²) in [7, 11) is 1.43. The second kappa shape index (κ2) is 6.98. The number of thioether (sulfide) groups is 1. The van der Waals surface area contributed by atoms with Crippen LogP contribution in [0.4, 0.5) is 9.18 Å². The molecule has 1 fully saturated rings. The van der Waals surface area contributed by atoms with E-state index in [9.17, 15) is 19.1 Å². The van der Waals surface area contributed by atoms with E-state index in [0.29, 0.717) is 11.1 Å². The number of imide groups is 1. The molecule has 0 bridgehead atoms. The molecule has 0 atom stereocenters.